The first kappa shape index (κ1) is 10.0. The lowest BCUT2D eigenvalue weighted by atomic mass is 10.1. The van der Waals surface area contributed by atoms with Gasteiger partial charge in [0.05, 0.1) is 0 Å². The Hall–Kier alpha value is -1.06. The van der Waals surface area contributed by atoms with E-state index in [0.717, 1.165) is 17.4 Å². The van der Waals surface area contributed by atoms with Crippen molar-refractivity contribution >= 4 is 18.2 Å². The quantitative estimate of drug-likeness (QED) is 0.427. The van der Waals surface area contributed by atoms with Crippen LogP contribution in [-0.2, 0) is 4.44 Å². The third-order valence-electron chi connectivity index (χ3n) is 1.73. The minimum absolute atomic E-state index is 0.542. The van der Waals surface area contributed by atoms with E-state index < -0.39 is 0 Å². The minimum Gasteiger partial charge on any atom is -0.319 e. The van der Waals surface area contributed by atoms with Gasteiger partial charge in [0.15, 0.2) is 5.75 Å². The summed E-state index contributed by atoms with van der Waals surface area (Å²) in [4.78, 5) is 15.2. The summed E-state index contributed by atoms with van der Waals surface area (Å²) in [6, 6.07) is 3.40. The van der Waals surface area contributed by atoms with Gasteiger partial charge in [-0.25, -0.2) is 0 Å². The van der Waals surface area contributed by atoms with Gasteiger partial charge in [0.1, 0.15) is 18.2 Å². The molecule has 0 saturated heterocycles. The molecule has 13 heavy (non-hydrogen) atoms. The molecule has 0 radical (unpaired) electrons. The highest BCUT2D eigenvalue weighted by atomic mass is 35.5. The van der Waals surface area contributed by atoms with Gasteiger partial charge >= 0.3 is 0 Å². The fourth-order valence-corrected chi connectivity index (χ4v) is 1.28. The van der Waals surface area contributed by atoms with Gasteiger partial charge in [-0.05, 0) is 37.1 Å². The fourth-order valence-electron chi connectivity index (χ4n) is 1.21. The van der Waals surface area contributed by atoms with Gasteiger partial charge < -0.3 is 4.89 Å². The predicted octanol–water partition coefficient (Wildman–Crippen LogP) is 2.58. The first-order valence-corrected chi connectivity index (χ1v) is 4.01. The van der Waals surface area contributed by atoms with Crippen molar-refractivity contribution < 1.29 is 14.1 Å². The Labute approximate surface area is 81.3 Å². The highest BCUT2D eigenvalue weighted by molar-refractivity contribution is 6.06. The SMILES string of the molecule is Cc1cc(C=O)cc(C)c1OOCl. The van der Waals surface area contributed by atoms with Gasteiger partial charge in [-0.2, -0.15) is 0 Å². The molecule has 0 unspecified atom stereocenters. The summed E-state index contributed by atoms with van der Waals surface area (Å²) in [5, 5.41) is 0. The van der Waals surface area contributed by atoms with Gasteiger partial charge in [0.25, 0.3) is 0 Å². The zero-order valence-electron chi connectivity index (χ0n) is 7.33. The van der Waals surface area contributed by atoms with Crippen LogP contribution in [0.15, 0.2) is 12.1 Å². The number of hydrogen-bond donors (Lipinski definition) is 0. The summed E-state index contributed by atoms with van der Waals surface area (Å²) in [5.41, 5.74) is 2.22. The lowest BCUT2D eigenvalue weighted by Crippen LogP contribution is -1.95. The van der Waals surface area contributed by atoms with E-state index in [1.54, 1.807) is 12.1 Å². The van der Waals surface area contributed by atoms with E-state index in [2.05, 4.69) is 4.44 Å². The molecule has 0 spiro atoms. The van der Waals surface area contributed by atoms with Crippen LogP contribution < -0.4 is 4.89 Å². The molecular weight excluding hydrogens is 192 g/mol. The Morgan fingerprint density at radius 2 is 1.85 bits per heavy atom. The molecule has 0 aliphatic carbocycles. The van der Waals surface area contributed by atoms with E-state index >= 15 is 0 Å². The third-order valence-corrected chi connectivity index (χ3v) is 1.80. The van der Waals surface area contributed by atoms with Crippen LogP contribution in [0.2, 0.25) is 0 Å². The largest absolute Gasteiger partial charge is 0.319 e. The molecule has 0 saturated carbocycles. The van der Waals surface area contributed by atoms with Crippen LogP contribution in [0.5, 0.6) is 5.75 Å². The van der Waals surface area contributed by atoms with Crippen molar-refractivity contribution in [3.63, 3.8) is 0 Å². The molecule has 0 fully saturated rings. The van der Waals surface area contributed by atoms with Crippen LogP contribution in [0, 0.1) is 13.8 Å². The molecule has 1 aromatic carbocycles. The van der Waals surface area contributed by atoms with Gasteiger partial charge in [0.2, 0.25) is 0 Å². The van der Waals surface area contributed by atoms with E-state index in [4.69, 9.17) is 16.8 Å². The molecule has 0 aromatic heterocycles. The molecule has 0 heterocycles. The molecule has 0 atom stereocenters. The Kier molecular flexibility index (Phi) is 3.28. The number of aldehydes is 1. The van der Waals surface area contributed by atoms with Crippen molar-refractivity contribution in [3.8, 4) is 5.75 Å². The first-order chi connectivity index (χ1) is 6.19. The fraction of sp³-hybridized carbons (Fsp3) is 0.222. The molecule has 1 aromatic rings. The first-order valence-electron chi connectivity index (χ1n) is 3.70. The number of carbonyl (C=O) groups is 1. The van der Waals surface area contributed by atoms with Gasteiger partial charge in [-0.1, -0.05) is 4.44 Å². The second-order valence-electron chi connectivity index (χ2n) is 2.75. The van der Waals surface area contributed by atoms with Crippen LogP contribution in [0.1, 0.15) is 21.5 Å². The molecule has 0 bridgehead atoms. The predicted molar refractivity (Wildman–Crippen MR) is 48.9 cm³/mol. The van der Waals surface area contributed by atoms with E-state index in [1.807, 2.05) is 13.8 Å². The smallest absolute Gasteiger partial charge is 0.173 e. The maximum atomic E-state index is 10.5. The van der Waals surface area contributed by atoms with Crippen molar-refractivity contribution in [2.45, 2.75) is 13.8 Å². The molecule has 1 rings (SSSR count). The molecule has 4 heteroatoms. The highest BCUT2D eigenvalue weighted by Crippen LogP contribution is 2.24. The van der Waals surface area contributed by atoms with Crippen molar-refractivity contribution in [3.05, 3.63) is 28.8 Å². The topological polar surface area (TPSA) is 35.5 Å². The van der Waals surface area contributed by atoms with Crippen LogP contribution in [0.4, 0.5) is 0 Å². The molecular formula is C9H9ClO3. The Bertz CT molecular complexity index is 300. The maximum Gasteiger partial charge on any atom is 0.173 e. The van der Waals surface area contributed by atoms with Crippen molar-refractivity contribution in [1.29, 1.82) is 0 Å². The molecule has 0 aliphatic rings. The number of carbonyl (C=O) groups excluding carboxylic acids is 1. The Morgan fingerprint density at radius 1 is 1.31 bits per heavy atom. The Morgan fingerprint density at radius 3 is 2.23 bits per heavy atom. The van der Waals surface area contributed by atoms with Gasteiger partial charge in [-0.3, -0.25) is 4.79 Å². The summed E-state index contributed by atoms with van der Waals surface area (Å²) in [7, 11) is 0. The lowest BCUT2D eigenvalue weighted by Gasteiger charge is -2.07. The van der Waals surface area contributed by atoms with E-state index in [9.17, 15) is 4.79 Å². The number of rotatable bonds is 3. The monoisotopic (exact) mass is 200 g/mol. The number of hydrogen-bond acceptors (Lipinski definition) is 3. The number of halogens is 1. The molecule has 0 amide bonds. The lowest BCUT2D eigenvalue weighted by molar-refractivity contribution is -0.0930. The minimum atomic E-state index is 0.542. The molecule has 0 N–H and O–H groups in total. The highest BCUT2D eigenvalue weighted by Gasteiger charge is 2.06. The summed E-state index contributed by atoms with van der Waals surface area (Å²) in [6.07, 6.45) is 0.783. The summed E-state index contributed by atoms with van der Waals surface area (Å²) < 4.78 is 4.05. The van der Waals surface area contributed by atoms with Crippen molar-refractivity contribution in [2.24, 2.45) is 0 Å². The molecule has 0 aliphatic heterocycles. The van der Waals surface area contributed by atoms with E-state index in [1.165, 1.54) is 0 Å². The number of benzene rings is 1. The summed E-state index contributed by atoms with van der Waals surface area (Å²) in [6.45, 7) is 3.62. The third kappa shape index (κ3) is 2.20. The second kappa shape index (κ2) is 4.25. The van der Waals surface area contributed by atoms with Gasteiger partial charge in [0, 0.05) is 5.56 Å². The molecule has 70 valence electrons. The van der Waals surface area contributed by atoms with Gasteiger partial charge in [-0.15, -0.1) is 0 Å². The standard InChI is InChI=1S/C9H9ClO3/c1-6-3-8(5-11)4-7(2)9(6)12-13-10/h3-5H,1-2H3. The second-order valence-corrected chi connectivity index (χ2v) is 2.87. The summed E-state index contributed by atoms with van der Waals surface area (Å²) >= 11 is 4.96. The zero-order valence-corrected chi connectivity index (χ0v) is 8.09. The average molecular weight is 201 g/mol. The van der Waals surface area contributed by atoms with E-state index in [0.29, 0.717) is 11.3 Å². The number of aryl methyl sites for hydroxylation is 2. The normalized spacial score (nSPS) is 9.77. The van der Waals surface area contributed by atoms with Crippen molar-refractivity contribution in [2.75, 3.05) is 0 Å². The zero-order chi connectivity index (χ0) is 9.84. The van der Waals surface area contributed by atoms with Crippen LogP contribution in [-0.4, -0.2) is 6.29 Å². The van der Waals surface area contributed by atoms with Crippen LogP contribution in [0.3, 0.4) is 0 Å². The molecule has 3 nitrogen and oxygen atoms in total. The van der Waals surface area contributed by atoms with Crippen LogP contribution >= 0.6 is 11.9 Å². The summed E-state index contributed by atoms with van der Waals surface area (Å²) in [5.74, 6) is 0.542. The van der Waals surface area contributed by atoms with E-state index in [-0.39, 0.29) is 0 Å². The Balaban J connectivity index is 3.14. The van der Waals surface area contributed by atoms with Crippen LogP contribution in [0.25, 0.3) is 0 Å². The average Bonchev–Trinajstić information content (AvgIpc) is 2.11. The maximum absolute atomic E-state index is 10.5. The van der Waals surface area contributed by atoms with Crippen molar-refractivity contribution in [1.82, 2.24) is 0 Å².